The molecule has 0 atom stereocenters. The van der Waals surface area contributed by atoms with E-state index in [1.165, 1.54) is 0 Å². The topological polar surface area (TPSA) is 91.8 Å². The number of furan rings is 1. The minimum Gasteiger partial charge on any atom is -0.493 e. The number of nitrogens with zero attached hydrogens (tertiary/aromatic N) is 2. The van der Waals surface area contributed by atoms with E-state index in [0.717, 1.165) is 5.69 Å². The van der Waals surface area contributed by atoms with Crippen LogP contribution in [0.15, 0.2) is 39.5 Å². The average Bonchev–Trinajstić information content (AvgIpc) is 3.29. The van der Waals surface area contributed by atoms with Gasteiger partial charge < -0.3 is 28.5 Å². The van der Waals surface area contributed by atoms with E-state index >= 15 is 0 Å². The molecule has 2 heterocycles. The van der Waals surface area contributed by atoms with Gasteiger partial charge in [-0.25, -0.2) is 0 Å². The van der Waals surface area contributed by atoms with E-state index in [-0.39, 0.29) is 0 Å². The van der Waals surface area contributed by atoms with Gasteiger partial charge in [0.15, 0.2) is 17.3 Å². The van der Waals surface area contributed by atoms with Gasteiger partial charge in [0, 0.05) is 17.8 Å². The molecule has 8 nitrogen and oxygen atoms in total. The van der Waals surface area contributed by atoms with Gasteiger partial charge in [0.05, 0.1) is 34.1 Å². The second-order valence-corrected chi connectivity index (χ2v) is 4.76. The Morgan fingerprint density at radius 2 is 1.83 bits per heavy atom. The molecule has 1 aromatic carbocycles. The highest BCUT2D eigenvalue weighted by atomic mass is 16.5. The predicted octanol–water partition coefficient (Wildman–Crippen LogP) is 2.97. The van der Waals surface area contributed by atoms with Crippen molar-refractivity contribution in [3.8, 4) is 28.8 Å². The number of anilines is 1. The van der Waals surface area contributed by atoms with E-state index in [1.807, 2.05) is 0 Å². The van der Waals surface area contributed by atoms with Crippen LogP contribution in [0.5, 0.6) is 17.2 Å². The molecule has 3 aromatic rings. The van der Waals surface area contributed by atoms with Crippen molar-refractivity contribution in [2.45, 2.75) is 6.54 Å². The second kappa shape index (κ2) is 6.95. The van der Waals surface area contributed by atoms with Crippen LogP contribution in [-0.4, -0.2) is 31.5 Å². The van der Waals surface area contributed by atoms with Gasteiger partial charge in [-0.15, -0.1) is 0 Å². The van der Waals surface area contributed by atoms with E-state index in [4.69, 9.17) is 23.2 Å². The van der Waals surface area contributed by atoms with Crippen LogP contribution in [0.2, 0.25) is 0 Å². The van der Waals surface area contributed by atoms with Gasteiger partial charge in [0.1, 0.15) is 0 Å². The lowest BCUT2D eigenvalue weighted by Crippen LogP contribution is -2.02. The number of hydrogen-bond acceptors (Lipinski definition) is 8. The standard InChI is InChI=1S/C16H17N3O5/c1-20-12-7-10(8-13(21-2)15(12)22-3)17-9-14-18-16(19-24-14)11-5-4-6-23-11/h4-8,17H,9H2,1-3H3. The molecule has 0 fully saturated rings. The molecule has 0 radical (unpaired) electrons. The lowest BCUT2D eigenvalue weighted by Gasteiger charge is -2.14. The summed E-state index contributed by atoms with van der Waals surface area (Å²) in [5.41, 5.74) is 0.766. The Labute approximate surface area is 138 Å². The molecule has 0 unspecified atom stereocenters. The molecule has 3 rings (SSSR count). The molecule has 0 amide bonds. The number of methoxy groups -OCH3 is 3. The molecular formula is C16H17N3O5. The number of benzene rings is 1. The van der Waals surface area contributed by atoms with Crippen LogP contribution < -0.4 is 19.5 Å². The third-order valence-corrected chi connectivity index (χ3v) is 3.32. The van der Waals surface area contributed by atoms with Crippen molar-refractivity contribution in [2.24, 2.45) is 0 Å². The average molecular weight is 331 g/mol. The van der Waals surface area contributed by atoms with Crippen molar-refractivity contribution in [3.63, 3.8) is 0 Å². The smallest absolute Gasteiger partial charge is 0.246 e. The summed E-state index contributed by atoms with van der Waals surface area (Å²) in [6.45, 7) is 0.340. The zero-order valence-corrected chi connectivity index (χ0v) is 13.5. The van der Waals surface area contributed by atoms with E-state index in [9.17, 15) is 0 Å². The molecule has 0 aliphatic rings. The first-order valence-corrected chi connectivity index (χ1v) is 7.15. The van der Waals surface area contributed by atoms with Gasteiger partial charge in [-0.2, -0.15) is 4.98 Å². The maximum Gasteiger partial charge on any atom is 0.246 e. The van der Waals surface area contributed by atoms with Crippen LogP contribution in [0.4, 0.5) is 5.69 Å². The zero-order valence-electron chi connectivity index (χ0n) is 13.5. The van der Waals surface area contributed by atoms with Crippen LogP contribution >= 0.6 is 0 Å². The summed E-state index contributed by atoms with van der Waals surface area (Å²) >= 11 is 0. The van der Waals surface area contributed by atoms with Gasteiger partial charge in [-0.1, -0.05) is 5.16 Å². The molecule has 0 spiro atoms. The zero-order chi connectivity index (χ0) is 16.9. The Bertz CT molecular complexity index is 773. The van der Waals surface area contributed by atoms with Crippen molar-refractivity contribution in [3.05, 3.63) is 36.4 Å². The molecule has 0 saturated heterocycles. The quantitative estimate of drug-likeness (QED) is 0.706. The summed E-state index contributed by atoms with van der Waals surface area (Å²) in [7, 11) is 4.69. The van der Waals surface area contributed by atoms with Crippen molar-refractivity contribution >= 4 is 5.69 Å². The summed E-state index contributed by atoms with van der Waals surface area (Å²) in [5.74, 6) is 3.03. The molecule has 24 heavy (non-hydrogen) atoms. The van der Waals surface area contributed by atoms with E-state index in [1.54, 1.807) is 51.9 Å². The van der Waals surface area contributed by atoms with E-state index < -0.39 is 0 Å². The summed E-state index contributed by atoms with van der Waals surface area (Å²) in [6, 6.07) is 7.12. The highest BCUT2D eigenvalue weighted by molar-refractivity contribution is 5.62. The van der Waals surface area contributed by atoms with Gasteiger partial charge in [-0.3, -0.25) is 0 Å². The molecule has 0 bridgehead atoms. The van der Waals surface area contributed by atoms with Crippen molar-refractivity contribution in [1.82, 2.24) is 10.1 Å². The van der Waals surface area contributed by atoms with Crippen molar-refractivity contribution in [1.29, 1.82) is 0 Å². The Kier molecular flexibility index (Phi) is 4.55. The van der Waals surface area contributed by atoms with E-state index in [2.05, 4.69) is 15.5 Å². The molecule has 2 aromatic heterocycles. The molecule has 126 valence electrons. The van der Waals surface area contributed by atoms with Crippen LogP contribution in [0.25, 0.3) is 11.6 Å². The second-order valence-electron chi connectivity index (χ2n) is 4.76. The highest BCUT2D eigenvalue weighted by Crippen LogP contribution is 2.40. The number of ether oxygens (including phenoxy) is 3. The molecule has 8 heteroatoms. The molecular weight excluding hydrogens is 314 g/mol. The lowest BCUT2D eigenvalue weighted by atomic mass is 10.2. The third kappa shape index (κ3) is 3.12. The maximum atomic E-state index is 5.32. The molecule has 0 saturated carbocycles. The Morgan fingerprint density at radius 1 is 1.08 bits per heavy atom. The third-order valence-electron chi connectivity index (χ3n) is 3.32. The normalized spacial score (nSPS) is 10.5. The summed E-state index contributed by atoms with van der Waals surface area (Å²) in [6.07, 6.45) is 1.56. The summed E-state index contributed by atoms with van der Waals surface area (Å²) in [5, 5.41) is 7.05. The predicted molar refractivity (Wildman–Crippen MR) is 85.4 cm³/mol. The number of nitrogens with one attached hydrogen (secondary N) is 1. The number of hydrogen-bond donors (Lipinski definition) is 1. The minimum absolute atomic E-state index is 0.340. The maximum absolute atomic E-state index is 5.32. The molecule has 1 N–H and O–H groups in total. The highest BCUT2D eigenvalue weighted by Gasteiger charge is 2.14. The van der Waals surface area contributed by atoms with Crippen LogP contribution in [-0.2, 0) is 6.54 Å². The first-order chi connectivity index (χ1) is 11.7. The fourth-order valence-corrected chi connectivity index (χ4v) is 2.19. The fraction of sp³-hybridized carbons (Fsp3) is 0.250. The SMILES string of the molecule is COc1cc(NCc2nc(-c3ccco3)no2)cc(OC)c1OC. The van der Waals surface area contributed by atoms with Gasteiger partial charge >= 0.3 is 0 Å². The van der Waals surface area contributed by atoms with Crippen molar-refractivity contribution in [2.75, 3.05) is 26.6 Å². The van der Waals surface area contributed by atoms with Crippen LogP contribution in [0.3, 0.4) is 0 Å². The fourth-order valence-electron chi connectivity index (χ4n) is 2.19. The molecule has 0 aliphatic heterocycles. The first-order valence-electron chi connectivity index (χ1n) is 7.15. The van der Waals surface area contributed by atoms with Crippen molar-refractivity contribution < 1.29 is 23.2 Å². The summed E-state index contributed by atoms with van der Waals surface area (Å²) in [4.78, 5) is 4.27. The van der Waals surface area contributed by atoms with Crippen LogP contribution in [0.1, 0.15) is 5.89 Å². The van der Waals surface area contributed by atoms with E-state index in [0.29, 0.717) is 41.3 Å². The minimum atomic E-state index is 0.340. The monoisotopic (exact) mass is 331 g/mol. The number of aromatic nitrogens is 2. The summed E-state index contributed by atoms with van der Waals surface area (Å²) < 4.78 is 26.3. The van der Waals surface area contributed by atoms with Gasteiger partial charge in [0.25, 0.3) is 0 Å². The molecule has 0 aliphatic carbocycles. The Hall–Kier alpha value is -3.16. The van der Waals surface area contributed by atoms with Crippen LogP contribution in [0, 0.1) is 0 Å². The number of rotatable bonds is 7. The first kappa shape index (κ1) is 15.7. The Balaban J connectivity index is 1.75. The van der Waals surface area contributed by atoms with Gasteiger partial charge in [-0.05, 0) is 12.1 Å². The largest absolute Gasteiger partial charge is 0.493 e. The van der Waals surface area contributed by atoms with Gasteiger partial charge in [0.2, 0.25) is 17.5 Å². The lowest BCUT2D eigenvalue weighted by molar-refractivity contribution is 0.324. The Morgan fingerprint density at radius 3 is 2.42 bits per heavy atom.